The Bertz CT molecular complexity index is 828. The summed E-state index contributed by atoms with van der Waals surface area (Å²) in [5, 5.41) is 3.53. The lowest BCUT2D eigenvalue weighted by Crippen LogP contribution is -2.29. The number of pyridine rings is 1. The average Bonchev–Trinajstić information content (AvgIpc) is 3.45. The van der Waals surface area contributed by atoms with Crippen molar-refractivity contribution >= 4 is 17.5 Å². The molecule has 1 aromatic heterocycles. The molecule has 1 amide bonds. The Morgan fingerprint density at radius 3 is 2.59 bits per heavy atom. The van der Waals surface area contributed by atoms with E-state index in [9.17, 15) is 18.0 Å². The number of nitrogens with zero attached hydrogens (tertiary/aromatic N) is 1. The van der Waals surface area contributed by atoms with Crippen LogP contribution >= 0.6 is 11.6 Å². The second-order valence-electron chi connectivity index (χ2n) is 6.93. The van der Waals surface area contributed by atoms with Gasteiger partial charge in [0.15, 0.2) is 6.61 Å². The number of alkyl halides is 3. The molecule has 1 aliphatic carbocycles. The van der Waals surface area contributed by atoms with Crippen molar-refractivity contribution in [2.24, 2.45) is 11.8 Å². The third kappa shape index (κ3) is 6.52. The summed E-state index contributed by atoms with van der Waals surface area (Å²) in [4.78, 5) is 16.2. The highest BCUT2D eigenvalue weighted by Gasteiger charge is 2.43. The van der Waals surface area contributed by atoms with Crippen LogP contribution in [0, 0.1) is 11.8 Å². The third-order valence-electron chi connectivity index (χ3n) is 4.54. The molecular formula is C20H20ClF3N2O3. The van der Waals surface area contributed by atoms with E-state index in [0.717, 1.165) is 6.42 Å². The number of amides is 1. The molecule has 0 bridgehead atoms. The molecule has 1 saturated carbocycles. The second kappa shape index (κ2) is 8.90. The first kappa shape index (κ1) is 21.2. The fourth-order valence-corrected chi connectivity index (χ4v) is 2.91. The maximum atomic E-state index is 12.4. The first-order chi connectivity index (χ1) is 13.7. The first-order valence-corrected chi connectivity index (χ1v) is 9.43. The molecule has 1 heterocycles. The van der Waals surface area contributed by atoms with Crippen LogP contribution in [-0.4, -0.2) is 30.3 Å². The van der Waals surface area contributed by atoms with Gasteiger partial charge >= 0.3 is 6.18 Å². The van der Waals surface area contributed by atoms with Gasteiger partial charge in [-0.25, -0.2) is 4.98 Å². The smallest absolute Gasteiger partial charge is 0.422 e. The molecule has 0 unspecified atom stereocenters. The molecule has 3 atom stereocenters. The quantitative estimate of drug-likeness (QED) is 0.669. The van der Waals surface area contributed by atoms with Crippen molar-refractivity contribution in [3.8, 4) is 11.6 Å². The number of nitrogens with one attached hydrogen (secondary N) is 1. The minimum absolute atomic E-state index is 0.0837. The van der Waals surface area contributed by atoms with Crippen LogP contribution in [0.1, 0.15) is 24.9 Å². The Balaban J connectivity index is 1.43. The van der Waals surface area contributed by atoms with Gasteiger partial charge in [0.05, 0.1) is 12.6 Å². The van der Waals surface area contributed by atoms with E-state index < -0.39 is 12.8 Å². The van der Waals surface area contributed by atoms with Crippen LogP contribution in [0.2, 0.25) is 5.02 Å². The number of rotatable bonds is 8. The van der Waals surface area contributed by atoms with E-state index in [1.165, 1.54) is 12.3 Å². The molecule has 0 spiro atoms. The van der Waals surface area contributed by atoms with E-state index in [4.69, 9.17) is 16.3 Å². The number of hydrogen-bond acceptors (Lipinski definition) is 4. The molecule has 1 N–H and O–H groups in total. The topological polar surface area (TPSA) is 60.5 Å². The normalized spacial score (nSPS) is 19.3. The van der Waals surface area contributed by atoms with Gasteiger partial charge in [-0.15, -0.1) is 0 Å². The Hall–Kier alpha value is -2.48. The van der Waals surface area contributed by atoms with Crippen LogP contribution in [0.4, 0.5) is 13.2 Å². The Labute approximate surface area is 171 Å². The number of hydrogen-bond donors (Lipinski definition) is 1. The molecule has 1 aromatic carbocycles. The largest absolute Gasteiger partial charge is 0.493 e. The van der Waals surface area contributed by atoms with Crippen LogP contribution < -0.4 is 14.8 Å². The SMILES string of the molecule is C[C@@H](NC(=O)[C@@H]1C[C@H]1COc1ccc(Cl)cc1)c1ccc(OCC(F)(F)F)nc1. The van der Waals surface area contributed by atoms with E-state index in [2.05, 4.69) is 15.0 Å². The number of carbonyl (C=O) groups excluding carboxylic acids is 1. The summed E-state index contributed by atoms with van der Waals surface area (Å²) in [5.41, 5.74) is 0.673. The summed E-state index contributed by atoms with van der Waals surface area (Å²) < 4.78 is 46.7. The molecule has 156 valence electrons. The number of benzene rings is 1. The van der Waals surface area contributed by atoms with Crippen LogP contribution in [0.15, 0.2) is 42.6 Å². The molecule has 1 fully saturated rings. The van der Waals surface area contributed by atoms with Crippen LogP contribution in [0.3, 0.4) is 0 Å². The molecule has 0 radical (unpaired) electrons. The minimum Gasteiger partial charge on any atom is -0.493 e. The summed E-state index contributed by atoms with van der Waals surface area (Å²) in [6.07, 6.45) is -2.28. The molecule has 29 heavy (non-hydrogen) atoms. The van der Waals surface area contributed by atoms with E-state index >= 15 is 0 Å². The van der Waals surface area contributed by atoms with Crippen molar-refractivity contribution in [1.82, 2.24) is 10.3 Å². The lowest BCUT2D eigenvalue weighted by atomic mass is 10.1. The van der Waals surface area contributed by atoms with Gasteiger partial charge in [-0.05, 0) is 43.2 Å². The zero-order valence-electron chi connectivity index (χ0n) is 15.6. The monoisotopic (exact) mass is 428 g/mol. The summed E-state index contributed by atoms with van der Waals surface area (Å²) in [6, 6.07) is 9.63. The zero-order chi connectivity index (χ0) is 21.0. The standard InChI is InChI=1S/C20H20ClF3N2O3/c1-12(13-2-7-18(25-9-13)29-11-20(22,23)24)26-19(27)17-8-14(17)10-28-16-5-3-15(21)4-6-16/h2-7,9,12,14,17H,8,10-11H2,1H3,(H,26,27)/t12-,14+,17-/m1/s1. The highest BCUT2D eigenvalue weighted by Crippen LogP contribution is 2.39. The number of aromatic nitrogens is 1. The minimum atomic E-state index is -4.42. The van der Waals surface area contributed by atoms with E-state index in [1.807, 2.05) is 0 Å². The van der Waals surface area contributed by atoms with Gasteiger partial charge in [0.2, 0.25) is 11.8 Å². The molecule has 3 rings (SSSR count). The Morgan fingerprint density at radius 2 is 1.97 bits per heavy atom. The molecular weight excluding hydrogens is 409 g/mol. The Morgan fingerprint density at radius 1 is 1.24 bits per heavy atom. The van der Waals surface area contributed by atoms with E-state index in [0.29, 0.717) is 22.9 Å². The predicted molar refractivity (Wildman–Crippen MR) is 101 cm³/mol. The van der Waals surface area contributed by atoms with Crippen molar-refractivity contribution in [3.05, 3.63) is 53.2 Å². The fraction of sp³-hybridized carbons (Fsp3) is 0.400. The Kier molecular flexibility index (Phi) is 6.52. The maximum absolute atomic E-state index is 12.4. The molecule has 0 aliphatic heterocycles. The van der Waals surface area contributed by atoms with Gasteiger partial charge in [-0.1, -0.05) is 17.7 Å². The average molecular weight is 429 g/mol. The number of carbonyl (C=O) groups is 1. The van der Waals surface area contributed by atoms with Crippen LogP contribution in [-0.2, 0) is 4.79 Å². The lowest BCUT2D eigenvalue weighted by molar-refractivity contribution is -0.154. The summed E-state index contributed by atoms with van der Waals surface area (Å²) in [7, 11) is 0. The zero-order valence-corrected chi connectivity index (χ0v) is 16.3. The van der Waals surface area contributed by atoms with Gasteiger partial charge < -0.3 is 14.8 Å². The van der Waals surface area contributed by atoms with Gasteiger partial charge in [0.25, 0.3) is 0 Å². The van der Waals surface area contributed by atoms with Crippen molar-refractivity contribution < 1.29 is 27.4 Å². The van der Waals surface area contributed by atoms with Gasteiger partial charge in [0, 0.05) is 29.1 Å². The highest BCUT2D eigenvalue weighted by molar-refractivity contribution is 6.30. The van der Waals surface area contributed by atoms with E-state index in [-0.39, 0.29) is 29.7 Å². The second-order valence-corrected chi connectivity index (χ2v) is 7.37. The maximum Gasteiger partial charge on any atom is 0.422 e. The summed E-state index contributed by atoms with van der Waals surface area (Å²) in [5.74, 6) is 0.528. The van der Waals surface area contributed by atoms with Crippen molar-refractivity contribution in [2.75, 3.05) is 13.2 Å². The van der Waals surface area contributed by atoms with E-state index in [1.54, 1.807) is 37.3 Å². The predicted octanol–water partition coefficient (Wildman–Crippen LogP) is 4.57. The molecule has 1 aliphatic rings. The van der Waals surface area contributed by atoms with Crippen molar-refractivity contribution in [1.29, 1.82) is 0 Å². The lowest BCUT2D eigenvalue weighted by Gasteiger charge is -2.15. The fourth-order valence-electron chi connectivity index (χ4n) is 2.78. The van der Waals surface area contributed by atoms with Gasteiger partial charge in [-0.3, -0.25) is 4.79 Å². The van der Waals surface area contributed by atoms with Gasteiger partial charge in [-0.2, -0.15) is 13.2 Å². The number of halogens is 4. The van der Waals surface area contributed by atoms with Gasteiger partial charge in [0.1, 0.15) is 5.75 Å². The third-order valence-corrected chi connectivity index (χ3v) is 4.79. The molecule has 9 heteroatoms. The summed E-state index contributed by atoms with van der Waals surface area (Å²) >= 11 is 5.83. The molecule has 0 saturated heterocycles. The van der Waals surface area contributed by atoms with Crippen molar-refractivity contribution in [3.63, 3.8) is 0 Å². The molecule has 5 nitrogen and oxygen atoms in total. The van der Waals surface area contributed by atoms with Crippen molar-refractivity contribution in [2.45, 2.75) is 25.6 Å². The van der Waals surface area contributed by atoms with Crippen LogP contribution in [0.25, 0.3) is 0 Å². The highest BCUT2D eigenvalue weighted by atomic mass is 35.5. The first-order valence-electron chi connectivity index (χ1n) is 9.05. The van der Waals surface area contributed by atoms with Crippen LogP contribution in [0.5, 0.6) is 11.6 Å². The number of ether oxygens (including phenoxy) is 2. The molecule has 2 aromatic rings. The summed E-state index contributed by atoms with van der Waals surface area (Å²) in [6.45, 7) is 0.834.